The Labute approximate surface area is 174 Å². The molecule has 0 atom stereocenters. The first-order chi connectivity index (χ1) is 12.7. The third kappa shape index (κ3) is 6.25. The second-order valence-electron chi connectivity index (χ2n) is 5.99. The number of rotatable bonds is 2. The molecular formula is C24H20IrN2-2. The number of hydrogen-bond acceptors (Lipinski definition) is 2. The van der Waals surface area contributed by atoms with Crippen LogP contribution >= 0.6 is 0 Å². The van der Waals surface area contributed by atoms with Gasteiger partial charge < -0.3 is 9.97 Å². The van der Waals surface area contributed by atoms with Crippen molar-refractivity contribution in [3.63, 3.8) is 0 Å². The predicted molar refractivity (Wildman–Crippen MR) is 106 cm³/mol. The SMILES string of the molecule is Cc1ccc(-c2[c-]ccc(C)c2)nc1.[Ir].[c-]1ccccc1-c1ccccn1. The van der Waals surface area contributed by atoms with Crippen molar-refractivity contribution in [2.45, 2.75) is 13.8 Å². The molecule has 0 bridgehead atoms. The molecule has 137 valence electrons. The van der Waals surface area contributed by atoms with Gasteiger partial charge in [-0.3, -0.25) is 0 Å². The van der Waals surface area contributed by atoms with Gasteiger partial charge in [0.05, 0.1) is 0 Å². The summed E-state index contributed by atoms with van der Waals surface area (Å²) in [5.41, 5.74) is 6.48. The van der Waals surface area contributed by atoms with Gasteiger partial charge in [0.1, 0.15) is 0 Å². The first-order valence-corrected chi connectivity index (χ1v) is 8.52. The maximum atomic E-state index is 4.36. The van der Waals surface area contributed by atoms with Crippen LogP contribution in [0, 0.1) is 26.0 Å². The summed E-state index contributed by atoms with van der Waals surface area (Å²) in [6, 6.07) is 30.2. The molecule has 3 heteroatoms. The first kappa shape index (κ1) is 20.7. The molecule has 0 spiro atoms. The molecule has 2 aromatic heterocycles. The summed E-state index contributed by atoms with van der Waals surface area (Å²) in [7, 11) is 0. The van der Waals surface area contributed by atoms with Gasteiger partial charge in [0.2, 0.25) is 0 Å². The number of aromatic nitrogens is 2. The van der Waals surface area contributed by atoms with Crippen molar-refractivity contribution in [2.24, 2.45) is 0 Å². The van der Waals surface area contributed by atoms with E-state index in [0.29, 0.717) is 0 Å². The molecule has 0 fully saturated rings. The van der Waals surface area contributed by atoms with Crippen LogP contribution in [-0.4, -0.2) is 9.97 Å². The predicted octanol–water partition coefficient (Wildman–Crippen LogP) is 5.71. The van der Waals surface area contributed by atoms with Gasteiger partial charge in [-0.2, -0.15) is 0 Å². The molecule has 2 aromatic carbocycles. The quantitative estimate of drug-likeness (QED) is 0.312. The fourth-order valence-corrected chi connectivity index (χ4v) is 2.43. The molecule has 2 heterocycles. The van der Waals surface area contributed by atoms with Crippen molar-refractivity contribution < 1.29 is 20.1 Å². The van der Waals surface area contributed by atoms with E-state index in [1.165, 1.54) is 11.1 Å². The van der Waals surface area contributed by atoms with E-state index in [-0.39, 0.29) is 20.1 Å². The summed E-state index contributed by atoms with van der Waals surface area (Å²) in [4.78, 5) is 8.58. The first-order valence-electron chi connectivity index (χ1n) is 8.52. The molecule has 0 N–H and O–H groups in total. The Balaban J connectivity index is 0.000000189. The van der Waals surface area contributed by atoms with Crippen molar-refractivity contribution >= 4 is 0 Å². The molecule has 1 radical (unpaired) electrons. The normalized spacial score (nSPS) is 9.56. The summed E-state index contributed by atoms with van der Waals surface area (Å²) in [5, 5.41) is 0. The zero-order valence-electron chi connectivity index (χ0n) is 15.3. The van der Waals surface area contributed by atoms with E-state index in [2.05, 4.69) is 41.2 Å². The van der Waals surface area contributed by atoms with Crippen molar-refractivity contribution in [1.29, 1.82) is 0 Å². The fourth-order valence-electron chi connectivity index (χ4n) is 2.43. The summed E-state index contributed by atoms with van der Waals surface area (Å²) >= 11 is 0. The minimum atomic E-state index is 0. The number of pyridine rings is 2. The van der Waals surface area contributed by atoms with Crippen molar-refractivity contribution in [3.8, 4) is 22.5 Å². The van der Waals surface area contributed by atoms with Crippen LogP contribution in [0.2, 0.25) is 0 Å². The third-order valence-electron chi connectivity index (χ3n) is 3.79. The maximum Gasteiger partial charge on any atom is 0.0190 e. The van der Waals surface area contributed by atoms with E-state index in [1.807, 2.05) is 73.8 Å². The largest absolute Gasteiger partial charge is 0.305 e. The van der Waals surface area contributed by atoms with Crippen molar-refractivity contribution in [1.82, 2.24) is 9.97 Å². The molecule has 27 heavy (non-hydrogen) atoms. The number of nitrogens with zero attached hydrogens (tertiary/aromatic N) is 2. The minimum absolute atomic E-state index is 0. The Morgan fingerprint density at radius 3 is 2.07 bits per heavy atom. The Morgan fingerprint density at radius 1 is 0.667 bits per heavy atom. The summed E-state index contributed by atoms with van der Waals surface area (Å²) in [6.07, 6.45) is 3.67. The third-order valence-corrected chi connectivity index (χ3v) is 3.79. The van der Waals surface area contributed by atoms with Crippen LogP contribution in [0.15, 0.2) is 85.2 Å². The fraction of sp³-hybridized carbons (Fsp3) is 0.0833. The van der Waals surface area contributed by atoms with E-state index < -0.39 is 0 Å². The van der Waals surface area contributed by atoms with E-state index in [0.717, 1.165) is 22.5 Å². The summed E-state index contributed by atoms with van der Waals surface area (Å²) in [5.74, 6) is 0. The molecule has 4 rings (SSSR count). The van der Waals surface area contributed by atoms with Crippen molar-refractivity contribution in [2.75, 3.05) is 0 Å². The van der Waals surface area contributed by atoms with E-state index in [1.54, 1.807) is 6.20 Å². The molecule has 4 aromatic rings. The van der Waals surface area contributed by atoms with Gasteiger partial charge >= 0.3 is 0 Å². The van der Waals surface area contributed by atoms with Crippen LogP contribution in [0.5, 0.6) is 0 Å². The standard InChI is InChI=1S/C13H12N.C11H8N.Ir/c1-10-4-3-5-12(8-10)13-7-6-11(2)9-14-13;1-2-6-10(7-3-1)11-8-4-5-9-12-11;/h3-4,6-9H,1-2H3;1-6,8-9H;/q2*-1;. The second-order valence-corrected chi connectivity index (χ2v) is 5.99. The second kappa shape index (κ2) is 10.5. The van der Waals surface area contributed by atoms with Gasteiger partial charge in [0, 0.05) is 32.5 Å². The van der Waals surface area contributed by atoms with Crippen molar-refractivity contribution in [3.05, 3.63) is 108 Å². The van der Waals surface area contributed by atoms with Crippen LogP contribution in [0.3, 0.4) is 0 Å². The molecule has 2 nitrogen and oxygen atoms in total. The van der Waals surface area contributed by atoms with Gasteiger partial charge in [-0.15, -0.1) is 71.3 Å². The molecule has 0 saturated carbocycles. The topological polar surface area (TPSA) is 25.8 Å². The van der Waals surface area contributed by atoms with Gasteiger partial charge in [0.15, 0.2) is 0 Å². The maximum absolute atomic E-state index is 4.36. The Morgan fingerprint density at radius 2 is 1.44 bits per heavy atom. The monoisotopic (exact) mass is 529 g/mol. The van der Waals surface area contributed by atoms with E-state index in [9.17, 15) is 0 Å². The van der Waals surface area contributed by atoms with Gasteiger partial charge in [-0.1, -0.05) is 31.2 Å². The Bertz CT molecular complexity index is 899. The molecule has 0 unspecified atom stereocenters. The molecule has 0 saturated heterocycles. The van der Waals surface area contributed by atoms with Crippen LogP contribution < -0.4 is 0 Å². The molecular weight excluding hydrogens is 508 g/mol. The van der Waals surface area contributed by atoms with Gasteiger partial charge in [0.25, 0.3) is 0 Å². The van der Waals surface area contributed by atoms with Gasteiger partial charge in [-0.05, 0) is 29.9 Å². The number of hydrogen-bond donors (Lipinski definition) is 0. The Kier molecular flexibility index (Phi) is 8.06. The zero-order chi connectivity index (χ0) is 18.2. The summed E-state index contributed by atoms with van der Waals surface area (Å²) in [6.45, 7) is 4.11. The smallest absolute Gasteiger partial charge is 0.0190 e. The van der Waals surface area contributed by atoms with Crippen LogP contribution in [0.1, 0.15) is 11.1 Å². The summed E-state index contributed by atoms with van der Waals surface area (Å²) < 4.78 is 0. The Hall–Kier alpha value is -2.61. The average molecular weight is 529 g/mol. The molecule has 0 aliphatic carbocycles. The number of benzene rings is 2. The average Bonchev–Trinajstić information content (AvgIpc) is 2.70. The molecule has 0 aliphatic rings. The van der Waals surface area contributed by atoms with E-state index >= 15 is 0 Å². The minimum Gasteiger partial charge on any atom is -0.305 e. The molecule has 0 aliphatic heterocycles. The van der Waals surface area contributed by atoms with Crippen LogP contribution in [0.4, 0.5) is 0 Å². The zero-order valence-corrected chi connectivity index (χ0v) is 17.7. The van der Waals surface area contributed by atoms with E-state index in [4.69, 9.17) is 0 Å². The molecule has 0 amide bonds. The van der Waals surface area contributed by atoms with Gasteiger partial charge in [-0.25, -0.2) is 0 Å². The van der Waals surface area contributed by atoms with Crippen LogP contribution in [0.25, 0.3) is 22.5 Å². The van der Waals surface area contributed by atoms with Crippen LogP contribution in [-0.2, 0) is 20.1 Å². The number of aryl methyl sites for hydroxylation is 2.